The van der Waals surface area contributed by atoms with Gasteiger partial charge in [0, 0.05) is 36.3 Å². The molecule has 5 heteroatoms. The van der Waals surface area contributed by atoms with Crippen LogP contribution in [0.3, 0.4) is 0 Å². The highest BCUT2D eigenvalue weighted by molar-refractivity contribution is 7.80. The van der Waals surface area contributed by atoms with Gasteiger partial charge in [-0.1, -0.05) is 54.6 Å². The Labute approximate surface area is 199 Å². The van der Waals surface area contributed by atoms with Gasteiger partial charge in [0.2, 0.25) is 0 Å². The molecule has 1 fully saturated rings. The summed E-state index contributed by atoms with van der Waals surface area (Å²) in [6.07, 6.45) is 4.08. The van der Waals surface area contributed by atoms with E-state index in [1.54, 1.807) is 9.80 Å². The lowest BCUT2D eigenvalue weighted by molar-refractivity contribution is -0.114. The third kappa shape index (κ3) is 3.74. The molecule has 2 heterocycles. The van der Waals surface area contributed by atoms with Crippen molar-refractivity contribution in [2.45, 2.75) is 20.4 Å². The van der Waals surface area contributed by atoms with Gasteiger partial charge in [-0.05, 0) is 67.0 Å². The number of para-hydroxylation sites is 1. The lowest BCUT2D eigenvalue weighted by Crippen LogP contribution is -2.31. The lowest BCUT2D eigenvalue weighted by atomic mass is 10.1. The number of carbonyl (C=O) groups is 1. The molecular formula is C28H25N3OS. The van der Waals surface area contributed by atoms with Crippen molar-refractivity contribution in [2.24, 2.45) is 0 Å². The average molecular weight is 452 g/mol. The number of fused-ring (bicyclic) bond motifs is 1. The molecule has 3 aromatic carbocycles. The molecule has 4 aromatic rings. The summed E-state index contributed by atoms with van der Waals surface area (Å²) in [7, 11) is 1.86. The van der Waals surface area contributed by atoms with Crippen molar-refractivity contribution >= 4 is 45.9 Å². The summed E-state index contributed by atoms with van der Waals surface area (Å²) in [6, 6.07) is 24.7. The van der Waals surface area contributed by atoms with Crippen molar-refractivity contribution in [3.05, 3.63) is 107 Å². The highest BCUT2D eigenvalue weighted by Crippen LogP contribution is 2.31. The summed E-state index contributed by atoms with van der Waals surface area (Å²) >= 11 is 5.66. The maximum Gasteiger partial charge on any atom is 0.281 e. The van der Waals surface area contributed by atoms with Crippen LogP contribution >= 0.6 is 12.2 Å². The monoisotopic (exact) mass is 451 g/mol. The number of hydrogen-bond acceptors (Lipinski definition) is 2. The summed E-state index contributed by atoms with van der Waals surface area (Å²) in [4.78, 5) is 16.9. The highest BCUT2D eigenvalue weighted by Gasteiger charge is 2.37. The molecule has 0 aliphatic carbocycles. The number of aromatic nitrogens is 1. The smallest absolute Gasteiger partial charge is 0.281 e. The molecule has 164 valence electrons. The van der Waals surface area contributed by atoms with E-state index in [9.17, 15) is 4.79 Å². The molecule has 0 unspecified atom stereocenters. The van der Waals surface area contributed by atoms with Crippen molar-refractivity contribution in [3.8, 4) is 0 Å². The Morgan fingerprint density at radius 2 is 1.64 bits per heavy atom. The minimum atomic E-state index is -0.106. The van der Waals surface area contributed by atoms with Gasteiger partial charge >= 0.3 is 0 Å². The molecule has 0 saturated carbocycles. The van der Waals surface area contributed by atoms with Gasteiger partial charge in [-0.2, -0.15) is 0 Å². The van der Waals surface area contributed by atoms with Crippen LogP contribution in [0.5, 0.6) is 0 Å². The van der Waals surface area contributed by atoms with Crippen molar-refractivity contribution < 1.29 is 4.79 Å². The molecule has 0 radical (unpaired) electrons. The summed E-state index contributed by atoms with van der Waals surface area (Å²) in [5.41, 5.74) is 7.06. The molecule has 4 nitrogen and oxygen atoms in total. The summed E-state index contributed by atoms with van der Waals surface area (Å²) in [6.45, 7) is 4.87. The Hall–Kier alpha value is -3.70. The van der Waals surface area contributed by atoms with E-state index in [0.717, 1.165) is 34.3 Å². The predicted octanol–water partition coefficient (Wildman–Crippen LogP) is 5.91. The van der Waals surface area contributed by atoms with E-state index < -0.39 is 0 Å². The third-order valence-corrected chi connectivity index (χ3v) is 6.77. The predicted molar refractivity (Wildman–Crippen MR) is 139 cm³/mol. The first kappa shape index (κ1) is 21.2. The first-order chi connectivity index (χ1) is 15.9. The molecule has 0 bridgehead atoms. The van der Waals surface area contributed by atoms with Crippen LogP contribution in [-0.2, 0) is 11.3 Å². The Morgan fingerprint density at radius 3 is 2.39 bits per heavy atom. The minimum Gasteiger partial charge on any atom is -0.342 e. The number of aryl methyl sites for hydroxylation is 2. The van der Waals surface area contributed by atoms with E-state index in [2.05, 4.69) is 54.1 Å². The zero-order valence-corrected chi connectivity index (χ0v) is 19.8. The quantitative estimate of drug-likeness (QED) is 0.285. The summed E-state index contributed by atoms with van der Waals surface area (Å²) in [5.74, 6) is -0.106. The van der Waals surface area contributed by atoms with E-state index in [4.69, 9.17) is 12.2 Å². The second-order valence-electron chi connectivity index (χ2n) is 8.50. The van der Waals surface area contributed by atoms with Crippen LogP contribution in [0.1, 0.15) is 22.3 Å². The largest absolute Gasteiger partial charge is 0.342 e. The number of rotatable bonds is 4. The molecule has 33 heavy (non-hydrogen) atoms. The minimum absolute atomic E-state index is 0.106. The molecule has 1 aliphatic heterocycles. The summed E-state index contributed by atoms with van der Waals surface area (Å²) in [5, 5.41) is 1.60. The van der Waals surface area contributed by atoms with Crippen LogP contribution in [0, 0.1) is 13.8 Å². The van der Waals surface area contributed by atoms with Crippen molar-refractivity contribution in [1.29, 1.82) is 0 Å². The Bertz CT molecular complexity index is 1420. The number of benzene rings is 3. The van der Waals surface area contributed by atoms with E-state index in [-0.39, 0.29) is 5.91 Å². The van der Waals surface area contributed by atoms with Crippen molar-refractivity contribution in [3.63, 3.8) is 0 Å². The summed E-state index contributed by atoms with van der Waals surface area (Å²) < 4.78 is 2.23. The molecule has 0 atom stereocenters. The van der Waals surface area contributed by atoms with Crippen LogP contribution in [-0.4, -0.2) is 27.5 Å². The van der Waals surface area contributed by atoms with Gasteiger partial charge in [0.1, 0.15) is 5.70 Å². The third-order valence-electron chi connectivity index (χ3n) is 6.32. The van der Waals surface area contributed by atoms with Gasteiger partial charge in [0.05, 0.1) is 5.69 Å². The van der Waals surface area contributed by atoms with Crippen LogP contribution in [0.15, 0.2) is 84.7 Å². The van der Waals surface area contributed by atoms with Crippen LogP contribution in [0.2, 0.25) is 0 Å². The van der Waals surface area contributed by atoms with E-state index in [0.29, 0.717) is 10.8 Å². The number of anilines is 1. The number of carbonyl (C=O) groups excluding carboxylic acids is 1. The number of thiocarbonyl (C=S) groups is 1. The van der Waals surface area contributed by atoms with E-state index in [1.165, 1.54) is 11.1 Å². The molecular weight excluding hydrogens is 426 g/mol. The van der Waals surface area contributed by atoms with E-state index >= 15 is 0 Å². The number of amides is 1. The van der Waals surface area contributed by atoms with Gasteiger partial charge < -0.3 is 9.47 Å². The zero-order valence-electron chi connectivity index (χ0n) is 18.9. The van der Waals surface area contributed by atoms with Crippen molar-refractivity contribution in [2.75, 3.05) is 11.9 Å². The van der Waals surface area contributed by atoms with Crippen LogP contribution < -0.4 is 4.90 Å². The Balaban J connectivity index is 1.56. The van der Waals surface area contributed by atoms with Gasteiger partial charge in [-0.3, -0.25) is 9.69 Å². The Morgan fingerprint density at radius 1 is 0.909 bits per heavy atom. The molecule has 5 rings (SSSR count). The number of hydrogen-bond donors (Lipinski definition) is 0. The first-order valence-electron chi connectivity index (χ1n) is 11.0. The molecule has 0 N–H and O–H groups in total. The first-order valence-corrected chi connectivity index (χ1v) is 11.4. The fourth-order valence-corrected chi connectivity index (χ4v) is 4.58. The maximum atomic E-state index is 13.5. The van der Waals surface area contributed by atoms with Crippen molar-refractivity contribution in [1.82, 2.24) is 9.47 Å². The fourth-order valence-electron chi connectivity index (χ4n) is 4.30. The van der Waals surface area contributed by atoms with Gasteiger partial charge in [-0.25, -0.2) is 0 Å². The normalized spacial score (nSPS) is 15.3. The van der Waals surface area contributed by atoms with E-state index in [1.807, 2.05) is 56.4 Å². The molecule has 1 amide bonds. The van der Waals surface area contributed by atoms with Crippen LogP contribution in [0.4, 0.5) is 5.69 Å². The van der Waals surface area contributed by atoms with Gasteiger partial charge in [-0.15, -0.1) is 0 Å². The molecule has 1 aliphatic rings. The average Bonchev–Trinajstić information content (AvgIpc) is 3.26. The van der Waals surface area contributed by atoms with Gasteiger partial charge in [0.25, 0.3) is 5.91 Å². The SMILES string of the molecule is Cc1ccc(N2C(=O)C(=Cc3cn(Cc4ccccc4)c4ccccc34)N(C)C2=S)cc1C. The zero-order chi connectivity index (χ0) is 23.1. The van der Waals surface area contributed by atoms with Crippen LogP contribution in [0.25, 0.3) is 17.0 Å². The van der Waals surface area contributed by atoms with Gasteiger partial charge in [0.15, 0.2) is 5.11 Å². The highest BCUT2D eigenvalue weighted by atomic mass is 32.1. The number of nitrogens with zero attached hydrogens (tertiary/aromatic N) is 3. The maximum absolute atomic E-state index is 13.5. The molecule has 0 spiro atoms. The Kier molecular flexibility index (Phi) is 5.35. The topological polar surface area (TPSA) is 28.5 Å². The standard InChI is InChI=1S/C28H25N3OS/c1-19-13-14-23(15-20(19)2)31-27(32)26(29(3)28(31)33)16-22-18-30(17-21-9-5-4-6-10-21)25-12-8-7-11-24(22)25/h4-16,18H,17H2,1-3H3. The fraction of sp³-hybridized carbons (Fsp3) is 0.143. The lowest BCUT2D eigenvalue weighted by Gasteiger charge is -2.17. The second kappa shape index (κ2) is 8.34. The molecule has 1 saturated heterocycles. The molecule has 1 aromatic heterocycles. The second-order valence-corrected chi connectivity index (χ2v) is 8.86. The number of likely N-dealkylation sites (N-methyl/N-ethyl adjacent to an activating group) is 1.